The third-order valence-electron chi connectivity index (χ3n) is 2.98. The van der Waals surface area contributed by atoms with Gasteiger partial charge in [0.1, 0.15) is 11.6 Å². The first-order valence-corrected chi connectivity index (χ1v) is 7.60. The molecular weight excluding hydrogens is 272 g/mol. The van der Waals surface area contributed by atoms with Gasteiger partial charge in [0.15, 0.2) is 5.16 Å². The molecule has 108 valence electrons. The van der Waals surface area contributed by atoms with Gasteiger partial charge in [-0.2, -0.15) is 0 Å². The fourth-order valence-electron chi connectivity index (χ4n) is 1.69. The van der Waals surface area contributed by atoms with Crippen LogP contribution in [0.4, 0.5) is 0 Å². The summed E-state index contributed by atoms with van der Waals surface area (Å²) in [5.74, 6) is 2.78. The number of aryl methyl sites for hydroxylation is 1. The third kappa shape index (κ3) is 3.98. The quantitative estimate of drug-likeness (QED) is 0.625. The fraction of sp³-hybridized carbons (Fsp3) is 0.429. The van der Waals surface area contributed by atoms with E-state index in [4.69, 9.17) is 10.5 Å². The van der Waals surface area contributed by atoms with Gasteiger partial charge in [-0.05, 0) is 31.0 Å². The van der Waals surface area contributed by atoms with Gasteiger partial charge in [0.05, 0.1) is 6.61 Å². The second kappa shape index (κ2) is 7.31. The Morgan fingerprint density at radius 2 is 2.20 bits per heavy atom. The highest BCUT2D eigenvalue weighted by atomic mass is 32.2. The average molecular weight is 292 g/mol. The van der Waals surface area contributed by atoms with Crippen molar-refractivity contribution in [1.82, 2.24) is 14.8 Å². The first kappa shape index (κ1) is 14.9. The standard InChI is InChI=1S/C14H20N4OS/c1-11-16-17-14(18(11)2)20-8-4-7-19-13-6-3-5-12(9-13)10-15/h3,5-6,9H,4,7-8,10,15H2,1-2H3. The van der Waals surface area contributed by atoms with Crippen LogP contribution in [0.3, 0.4) is 0 Å². The predicted octanol–water partition coefficient (Wildman–Crippen LogP) is 2.14. The number of rotatable bonds is 7. The highest BCUT2D eigenvalue weighted by Crippen LogP contribution is 2.17. The molecule has 0 fully saturated rings. The molecule has 0 aliphatic carbocycles. The van der Waals surface area contributed by atoms with Crippen molar-refractivity contribution in [3.8, 4) is 5.75 Å². The SMILES string of the molecule is Cc1nnc(SCCCOc2cccc(CN)c2)n1C. The number of nitrogens with two attached hydrogens (primary N) is 1. The molecule has 6 heteroatoms. The summed E-state index contributed by atoms with van der Waals surface area (Å²) >= 11 is 1.70. The zero-order valence-electron chi connectivity index (χ0n) is 11.9. The lowest BCUT2D eigenvalue weighted by Gasteiger charge is -2.07. The van der Waals surface area contributed by atoms with E-state index in [1.165, 1.54) is 0 Å². The van der Waals surface area contributed by atoms with Crippen LogP contribution in [-0.2, 0) is 13.6 Å². The Kier molecular flexibility index (Phi) is 5.43. The number of benzene rings is 1. The molecule has 2 aromatic rings. The fourth-order valence-corrected chi connectivity index (χ4v) is 2.56. The number of aromatic nitrogens is 3. The molecule has 1 aromatic carbocycles. The van der Waals surface area contributed by atoms with E-state index in [2.05, 4.69) is 10.2 Å². The maximum Gasteiger partial charge on any atom is 0.190 e. The summed E-state index contributed by atoms with van der Waals surface area (Å²) in [6.45, 7) is 3.18. The van der Waals surface area contributed by atoms with E-state index in [1.807, 2.05) is 42.8 Å². The van der Waals surface area contributed by atoms with E-state index >= 15 is 0 Å². The van der Waals surface area contributed by atoms with Crippen LogP contribution in [0, 0.1) is 6.92 Å². The zero-order valence-corrected chi connectivity index (χ0v) is 12.7. The van der Waals surface area contributed by atoms with Crippen LogP contribution in [0.15, 0.2) is 29.4 Å². The van der Waals surface area contributed by atoms with Crippen molar-refractivity contribution in [3.05, 3.63) is 35.7 Å². The lowest BCUT2D eigenvalue weighted by atomic mass is 10.2. The highest BCUT2D eigenvalue weighted by Gasteiger charge is 2.04. The van der Waals surface area contributed by atoms with Crippen LogP contribution < -0.4 is 10.5 Å². The molecule has 2 N–H and O–H groups in total. The van der Waals surface area contributed by atoms with E-state index in [9.17, 15) is 0 Å². The first-order chi connectivity index (χ1) is 9.70. The summed E-state index contributed by atoms with van der Waals surface area (Å²) in [5.41, 5.74) is 6.69. The van der Waals surface area contributed by atoms with E-state index in [0.717, 1.165) is 34.5 Å². The van der Waals surface area contributed by atoms with Gasteiger partial charge in [0, 0.05) is 19.3 Å². The summed E-state index contributed by atoms with van der Waals surface area (Å²) in [7, 11) is 1.98. The monoisotopic (exact) mass is 292 g/mol. The minimum absolute atomic E-state index is 0.540. The first-order valence-electron chi connectivity index (χ1n) is 6.61. The van der Waals surface area contributed by atoms with Crippen molar-refractivity contribution in [3.63, 3.8) is 0 Å². The largest absolute Gasteiger partial charge is 0.494 e. The highest BCUT2D eigenvalue weighted by molar-refractivity contribution is 7.99. The molecule has 2 rings (SSSR count). The van der Waals surface area contributed by atoms with Gasteiger partial charge in [0.2, 0.25) is 0 Å². The molecule has 1 heterocycles. The molecule has 0 spiro atoms. The van der Waals surface area contributed by atoms with E-state index < -0.39 is 0 Å². The van der Waals surface area contributed by atoms with Gasteiger partial charge in [-0.15, -0.1) is 10.2 Å². The third-order valence-corrected chi connectivity index (χ3v) is 4.08. The van der Waals surface area contributed by atoms with Crippen LogP contribution in [0.5, 0.6) is 5.75 Å². The van der Waals surface area contributed by atoms with Gasteiger partial charge in [-0.3, -0.25) is 0 Å². The van der Waals surface area contributed by atoms with Gasteiger partial charge in [-0.25, -0.2) is 0 Å². The number of nitrogens with zero attached hydrogens (tertiary/aromatic N) is 3. The molecule has 0 amide bonds. The van der Waals surface area contributed by atoms with Crippen LogP contribution in [0.25, 0.3) is 0 Å². The Bertz CT molecular complexity index is 556. The molecule has 5 nitrogen and oxygen atoms in total. The smallest absolute Gasteiger partial charge is 0.190 e. The number of ether oxygens (including phenoxy) is 1. The van der Waals surface area contributed by atoms with E-state index in [0.29, 0.717) is 13.2 Å². The lowest BCUT2D eigenvalue weighted by molar-refractivity contribution is 0.318. The molecule has 1 aromatic heterocycles. The summed E-state index contributed by atoms with van der Waals surface area (Å²) in [6.07, 6.45) is 0.962. The van der Waals surface area contributed by atoms with E-state index in [1.54, 1.807) is 11.8 Å². The maximum atomic E-state index is 5.71. The van der Waals surface area contributed by atoms with Gasteiger partial charge in [-0.1, -0.05) is 23.9 Å². The van der Waals surface area contributed by atoms with Gasteiger partial charge >= 0.3 is 0 Å². The van der Waals surface area contributed by atoms with E-state index in [-0.39, 0.29) is 0 Å². The zero-order chi connectivity index (χ0) is 14.4. The minimum atomic E-state index is 0.540. The predicted molar refractivity (Wildman–Crippen MR) is 80.9 cm³/mol. The normalized spacial score (nSPS) is 10.8. The topological polar surface area (TPSA) is 66.0 Å². The molecule has 0 bridgehead atoms. The molecule has 0 saturated carbocycles. The van der Waals surface area contributed by atoms with Crippen LogP contribution in [-0.4, -0.2) is 27.1 Å². The van der Waals surface area contributed by atoms with Crippen molar-refractivity contribution in [2.24, 2.45) is 12.8 Å². The van der Waals surface area contributed by atoms with Gasteiger partial charge in [0.25, 0.3) is 0 Å². The minimum Gasteiger partial charge on any atom is -0.494 e. The number of hydrogen-bond donors (Lipinski definition) is 1. The Balaban J connectivity index is 1.70. The molecular formula is C14H20N4OS. The second-order valence-corrected chi connectivity index (χ2v) is 5.55. The Morgan fingerprint density at radius 3 is 2.90 bits per heavy atom. The Labute approximate surface area is 123 Å². The Hall–Kier alpha value is -1.53. The van der Waals surface area contributed by atoms with Crippen molar-refractivity contribution >= 4 is 11.8 Å². The van der Waals surface area contributed by atoms with Crippen LogP contribution in [0.1, 0.15) is 17.8 Å². The molecule has 0 aliphatic rings. The van der Waals surface area contributed by atoms with Crippen LogP contribution in [0.2, 0.25) is 0 Å². The Morgan fingerprint density at radius 1 is 1.35 bits per heavy atom. The molecule has 0 radical (unpaired) electrons. The average Bonchev–Trinajstić information content (AvgIpc) is 2.79. The lowest BCUT2D eigenvalue weighted by Crippen LogP contribution is -2.01. The molecule has 20 heavy (non-hydrogen) atoms. The van der Waals surface area contributed by atoms with Crippen LogP contribution >= 0.6 is 11.8 Å². The summed E-state index contributed by atoms with van der Waals surface area (Å²) in [4.78, 5) is 0. The molecule has 0 aliphatic heterocycles. The summed E-state index contributed by atoms with van der Waals surface area (Å²) in [5, 5.41) is 9.10. The maximum absolute atomic E-state index is 5.71. The van der Waals surface area contributed by atoms with Crippen molar-refractivity contribution < 1.29 is 4.74 Å². The molecule has 0 atom stereocenters. The second-order valence-electron chi connectivity index (χ2n) is 4.49. The molecule has 0 unspecified atom stereocenters. The van der Waals surface area contributed by atoms with Gasteiger partial charge < -0.3 is 15.0 Å². The number of thioether (sulfide) groups is 1. The summed E-state index contributed by atoms with van der Waals surface area (Å²) < 4.78 is 7.71. The van der Waals surface area contributed by atoms with Crippen molar-refractivity contribution in [2.75, 3.05) is 12.4 Å². The van der Waals surface area contributed by atoms with Crippen molar-refractivity contribution in [2.45, 2.75) is 25.0 Å². The summed E-state index contributed by atoms with van der Waals surface area (Å²) in [6, 6.07) is 7.91. The molecule has 0 saturated heterocycles. The van der Waals surface area contributed by atoms with Crippen molar-refractivity contribution in [1.29, 1.82) is 0 Å². The number of hydrogen-bond acceptors (Lipinski definition) is 5.